The van der Waals surface area contributed by atoms with Gasteiger partial charge >= 0.3 is 0 Å². The van der Waals surface area contributed by atoms with E-state index in [1.165, 1.54) is 11.3 Å². The fourth-order valence-corrected chi connectivity index (χ4v) is 3.91. The number of rotatable bonds is 5. The molecule has 1 aliphatic heterocycles. The number of thiophene rings is 1. The van der Waals surface area contributed by atoms with Gasteiger partial charge in [-0.3, -0.25) is 9.59 Å². The largest absolute Gasteiger partial charge is 0.333 e. The van der Waals surface area contributed by atoms with Crippen LogP contribution in [0, 0.1) is 0 Å². The van der Waals surface area contributed by atoms with Crippen molar-refractivity contribution in [2.75, 3.05) is 19.6 Å². The molecule has 1 amide bonds. The van der Waals surface area contributed by atoms with Crippen LogP contribution in [0.1, 0.15) is 34.1 Å². The standard InChI is InChI=1S/C18H19ClN2O2S.ClH/c19-14-5-2-1-4-13(14)15-12-20-9-10-21(15)18(23)8-7-16(22)17-6-3-11-24-17;/h1-6,11,15,20H,7-10,12H2;1H. The Morgan fingerprint density at radius 1 is 1.20 bits per heavy atom. The lowest BCUT2D eigenvalue weighted by atomic mass is 10.0. The molecule has 1 unspecified atom stereocenters. The van der Waals surface area contributed by atoms with Crippen LogP contribution in [0.3, 0.4) is 0 Å². The summed E-state index contributed by atoms with van der Waals surface area (Å²) in [5.41, 5.74) is 0.948. The van der Waals surface area contributed by atoms with Crippen molar-refractivity contribution in [3.8, 4) is 0 Å². The average Bonchev–Trinajstić information content (AvgIpc) is 3.14. The first-order chi connectivity index (χ1) is 11.7. The van der Waals surface area contributed by atoms with Gasteiger partial charge in [0, 0.05) is 37.5 Å². The number of carbonyl (C=O) groups excluding carboxylic acids is 2. The highest BCUT2D eigenvalue weighted by Crippen LogP contribution is 2.29. The Labute approximate surface area is 162 Å². The first-order valence-electron chi connectivity index (χ1n) is 7.98. The molecule has 0 aliphatic carbocycles. The van der Waals surface area contributed by atoms with Crippen LogP contribution < -0.4 is 5.32 Å². The zero-order valence-electron chi connectivity index (χ0n) is 13.6. The van der Waals surface area contributed by atoms with Gasteiger partial charge in [0.05, 0.1) is 10.9 Å². The summed E-state index contributed by atoms with van der Waals surface area (Å²) in [7, 11) is 0. The summed E-state index contributed by atoms with van der Waals surface area (Å²) in [6.45, 7) is 2.06. The van der Waals surface area contributed by atoms with E-state index in [0.717, 1.165) is 12.1 Å². The number of hydrogen-bond acceptors (Lipinski definition) is 4. The Morgan fingerprint density at radius 2 is 2.00 bits per heavy atom. The van der Waals surface area contributed by atoms with E-state index in [2.05, 4.69) is 5.32 Å². The molecule has 1 saturated heterocycles. The van der Waals surface area contributed by atoms with E-state index >= 15 is 0 Å². The molecule has 4 nitrogen and oxygen atoms in total. The van der Waals surface area contributed by atoms with Gasteiger partial charge in [-0.1, -0.05) is 35.9 Å². The van der Waals surface area contributed by atoms with E-state index in [-0.39, 0.29) is 43.0 Å². The van der Waals surface area contributed by atoms with Crippen LogP contribution in [0.5, 0.6) is 0 Å². The van der Waals surface area contributed by atoms with Gasteiger partial charge < -0.3 is 10.2 Å². The molecule has 25 heavy (non-hydrogen) atoms. The van der Waals surface area contributed by atoms with Gasteiger partial charge in [-0.15, -0.1) is 23.7 Å². The smallest absolute Gasteiger partial charge is 0.223 e. The number of Topliss-reactive ketones (excluding diaryl/α,β-unsaturated/α-hetero) is 1. The number of ketones is 1. The van der Waals surface area contributed by atoms with E-state index < -0.39 is 0 Å². The van der Waals surface area contributed by atoms with Gasteiger partial charge in [-0.2, -0.15) is 0 Å². The van der Waals surface area contributed by atoms with Crippen LogP contribution in [0.25, 0.3) is 0 Å². The summed E-state index contributed by atoms with van der Waals surface area (Å²) >= 11 is 7.72. The summed E-state index contributed by atoms with van der Waals surface area (Å²) < 4.78 is 0. The molecule has 1 aromatic carbocycles. The van der Waals surface area contributed by atoms with Crippen molar-refractivity contribution < 1.29 is 9.59 Å². The second-order valence-corrected chi connectivity index (χ2v) is 7.08. The fraction of sp³-hybridized carbons (Fsp3) is 0.333. The molecule has 0 saturated carbocycles. The van der Waals surface area contributed by atoms with Gasteiger partial charge in [0.25, 0.3) is 0 Å². The van der Waals surface area contributed by atoms with Crippen LogP contribution in [0.15, 0.2) is 41.8 Å². The quantitative estimate of drug-likeness (QED) is 0.775. The van der Waals surface area contributed by atoms with Crippen LogP contribution in [-0.2, 0) is 4.79 Å². The number of halogens is 2. The molecular formula is C18H20Cl2N2O2S. The first kappa shape index (κ1) is 19.9. The van der Waals surface area contributed by atoms with Gasteiger partial charge in [0.1, 0.15) is 0 Å². The van der Waals surface area contributed by atoms with Crippen LogP contribution in [0.2, 0.25) is 5.02 Å². The molecule has 3 rings (SSSR count). The third kappa shape index (κ3) is 4.82. The summed E-state index contributed by atoms with van der Waals surface area (Å²) in [5, 5.41) is 5.85. The van der Waals surface area contributed by atoms with Crippen LogP contribution in [-0.4, -0.2) is 36.2 Å². The Bertz CT molecular complexity index is 722. The molecule has 1 N–H and O–H groups in total. The number of piperazine rings is 1. The molecule has 0 bridgehead atoms. The van der Waals surface area contributed by atoms with Crippen LogP contribution >= 0.6 is 35.3 Å². The van der Waals surface area contributed by atoms with Crippen molar-refractivity contribution in [1.29, 1.82) is 0 Å². The number of benzene rings is 1. The van der Waals surface area contributed by atoms with E-state index in [9.17, 15) is 9.59 Å². The van der Waals surface area contributed by atoms with Gasteiger partial charge in [0.2, 0.25) is 5.91 Å². The highest BCUT2D eigenvalue weighted by molar-refractivity contribution is 7.12. The molecule has 0 spiro atoms. The molecule has 7 heteroatoms. The van der Waals surface area contributed by atoms with E-state index in [1.54, 1.807) is 6.07 Å². The average molecular weight is 399 g/mol. The number of nitrogens with zero attached hydrogens (tertiary/aromatic N) is 1. The lowest BCUT2D eigenvalue weighted by Crippen LogP contribution is -2.48. The van der Waals surface area contributed by atoms with Gasteiger partial charge in [-0.05, 0) is 23.1 Å². The van der Waals surface area contributed by atoms with E-state index in [4.69, 9.17) is 11.6 Å². The highest BCUT2D eigenvalue weighted by atomic mass is 35.5. The number of carbonyl (C=O) groups is 2. The Hall–Kier alpha value is -1.40. The lowest BCUT2D eigenvalue weighted by Gasteiger charge is -2.37. The van der Waals surface area contributed by atoms with E-state index in [1.807, 2.05) is 40.6 Å². The number of nitrogens with one attached hydrogen (secondary N) is 1. The lowest BCUT2D eigenvalue weighted by molar-refractivity contribution is -0.134. The van der Waals surface area contributed by atoms with Gasteiger partial charge in [-0.25, -0.2) is 0 Å². The molecule has 1 fully saturated rings. The van der Waals surface area contributed by atoms with Crippen molar-refractivity contribution in [3.05, 3.63) is 57.2 Å². The predicted molar refractivity (Wildman–Crippen MR) is 104 cm³/mol. The Kier molecular flexibility index (Phi) is 7.44. The number of amides is 1. The fourth-order valence-electron chi connectivity index (χ4n) is 2.95. The molecule has 0 radical (unpaired) electrons. The van der Waals surface area contributed by atoms with Gasteiger partial charge in [0.15, 0.2) is 5.78 Å². The summed E-state index contributed by atoms with van der Waals surface area (Å²) in [6, 6.07) is 11.2. The topological polar surface area (TPSA) is 49.4 Å². The third-order valence-corrected chi connectivity index (χ3v) is 5.44. The molecular weight excluding hydrogens is 379 g/mol. The monoisotopic (exact) mass is 398 g/mol. The Balaban J connectivity index is 0.00000225. The summed E-state index contributed by atoms with van der Waals surface area (Å²) in [5.74, 6) is 0.0362. The molecule has 2 aromatic rings. The zero-order chi connectivity index (χ0) is 16.9. The van der Waals surface area contributed by atoms with Crippen molar-refractivity contribution in [1.82, 2.24) is 10.2 Å². The predicted octanol–water partition coefficient (Wildman–Crippen LogP) is 3.96. The summed E-state index contributed by atoms with van der Waals surface area (Å²) in [4.78, 5) is 27.3. The van der Waals surface area contributed by atoms with Crippen molar-refractivity contribution in [2.45, 2.75) is 18.9 Å². The SMILES string of the molecule is Cl.O=C(CCC(=O)N1CCNCC1c1ccccc1Cl)c1cccs1. The number of hydrogen-bond donors (Lipinski definition) is 1. The minimum absolute atomic E-state index is 0. The third-order valence-electron chi connectivity index (χ3n) is 4.19. The molecule has 1 atom stereocenters. The molecule has 1 aromatic heterocycles. The highest BCUT2D eigenvalue weighted by Gasteiger charge is 2.29. The molecule has 1 aliphatic rings. The maximum Gasteiger partial charge on any atom is 0.223 e. The first-order valence-corrected chi connectivity index (χ1v) is 9.24. The van der Waals surface area contributed by atoms with Crippen molar-refractivity contribution >= 4 is 47.0 Å². The maximum absolute atomic E-state index is 12.7. The molecule has 134 valence electrons. The second-order valence-electron chi connectivity index (χ2n) is 5.73. The maximum atomic E-state index is 12.7. The zero-order valence-corrected chi connectivity index (χ0v) is 16.0. The van der Waals surface area contributed by atoms with E-state index in [0.29, 0.717) is 23.0 Å². The van der Waals surface area contributed by atoms with Crippen molar-refractivity contribution in [3.63, 3.8) is 0 Å². The van der Waals surface area contributed by atoms with Crippen LogP contribution in [0.4, 0.5) is 0 Å². The summed E-state index contributed by atoms with van der Waals surface area (Å²) in [6.07, 6.45) is 0.482. The second kappa shape index (κ2) is 9.34. The molecule has 2 heterocycles. The minimum atomic E-state index is -0.0863. The Morgan fingerprint density at radius 3 is 2.72 bits per heavy atom. The van der Waals surface area contributed by atoms with Crippen molar-refractivity contribution in [2.24, 2.45) is 0 Å². The normalized spacial score (nSPS) is 17.0. The minimum Gasteiger partial charge on any atom is -0.333 e.